The third-order valence-electron chi connectivity index (χ3n) is 2.69. The molecular formula is C14H22N4O2. The molecule has 0 aromatic heterocycles. The van der Waals surface area contributed by atoms with Crippen molar-refractivity contribution in [3.8, 4) is 5.75 Å². The molecule has 0 radical (unpaired) electrons. The number of nitrogens with two attached hydrogens (primary N) is 1. The number of hydrogen-bond donors (Lipinski definition) is 1. The number of hydrogen-bond acceptors (Lipinski definition) is 4. The highest BCUT2D eigenvalue weighted by molar-refractivity contribution is 5.81. The predicted molar refractivity (Wildman–Crippen MR) is 80.0 cm³/mol. The van der Waals surface area contributed by atoms with Crippen LogP contribution in [0.1, 0.15) is 12.0 Å². The number of carbonyl (C=O) groups excluding carboxylic acids is 1. The lowest BCUT2D eigenvalue weighted by Crippen LogP contribution is -2.33. The molecule has 0 saturated carbocycles. The molecule has 0 heterocycles. The summed E-state index contributed by atoms with van der Waals surface area (Å²) in [6.45, 7) is 1.38. The van der Waals surface area contributed by atoms with Crippen molar-refractivity contribution >= 4 is 12.2 Å². The molecule has 0 aliphatic rings. The van der Waals surface area contributed by atoms with E-state index in [9.17, 15) is 4.79 Å². The molecule has 0 saturated heterocycles. The lowest BCUT2D eigenvalue weighted by atomic mass is 10.2. The number of nitrogens with zero attached hydrogens (tertiary/aromatic N) is 3. The van der Waals surface area contributed by atoms with Gasteiger partial charge in [-0.15, -0.1) is 0 Å². The van der Waals surface area contributed by atoms with Gasteiger partial charge in [-0.05, 0) is 56.9 Å². The van der Waals surface area contributed by atoms with Gasteiger partial charge in [0, 0.05) is 6.54 Å². The number of methoxy groups -OCH3 is 1. The first-order valence-corrected chi connectivity index (χ1v) is 6.42. The zero-order valence-electron chi connectivity index (χ0n) is 12.2. The Hall–Kier alpha value is -2.08. The number of primary amides is 1. The molecule has 2 amide bonds. The summed E-state index contributed by atoms with van der Waals surface area (Å²) in [6.07, 6.45) is 2.43. The number of benzene rings is 1. The maximum absolute atomic E-state index is 11.3. The minimum atomic E-state index is -0.548. The second-order valence-corrected chi connectivity index (χ2v) is 4.64. The maximum atomic E-state index is 11.3. The number of amides is 2. The summed E-state index contributed by atoms with van der Waals surface area (Å²) in [5.41, 5.74) is 6.18. The first kappa shape index (κ1) is 16.0. The third kappa shape index (κ3) is 5.71. The second kappa shape index (κ2) is 8.16. The molecular weight excluding hydrogens is 256 g/mol. The van der Waals surface area contributed by atoms with Crippen LogP contribution in [0.4, 0.5) is 4.79 Å². The molecule has 0 fully saturated rings. The highest BCUT2D eigenvalue weighted by Gasteiger charge is 2.06. The van der Waals surface area contributed by atoms with Crippen molar-refractivity contribution in [2.24, 2.45) is 10.8 Å². The van der Waals surface area contributed by atoms with E-state index in [0.717, 1.165) is 24.3 Å². The summed E-state index contributed by atoms with van der Waals surface area (Å²) in [6, 6.07) is 6.85. The van der Waals surface area contributed by atoms with Crippen LogP contribution < -0.4 is 10.5 Å². The van der Waals surface area contributed by atoms with Crippen LogP contribution in [0.25, 0.3) is 0 Å². The molecule has 0 unspecified atom stereocenters. The smallest absolute Gasteiger partial charge is 0.335 e. The van der Waals surface area contributed by atoms with Crippen molar-refractivity contribution in [1.29, 1.82) is 0 Å². The van der Waals surface area contributed by atoms with Crippen molar-refractivity contribution in [1.82, 2.24) is 9.91 Å². The Morgan fingerprint density at radius 2 is 1.95 bits per heavy atom. The van der Waals surface area contributed by atoms with Crippen LogP contribution in [0.2, 0.25) is 0 Å². The van der Waals surface area contributed by atoms with Crippen LogP contribution in [-0.2, 0) is 0 Å². The minimum absolute atomic E-state index is 0.500. The average Bonchev–Trinajstić information content (AvgIpc) is 2.42. The molecule has 1 aromatic rings. The van der Waals surface area contributed by atoms with E-state index in [1.165, 1.54) is 5.01 Å². The van der Waals surface area contributed by atoms with Crippen LogP contribution >= 0.6 is 0 Å². The lowest BCUT2D eigenvalue weighted by Gasteiger charge is -2.16. The monoisotopic (exact) mass is 278 g/mol. The Bertz CT molecular complexity index is 443. The van der Waals surface area contributed by atoms with E-state index in [-0.39, 0.29) is 0 Å². The standard InChI is InChI=1S/C14H22N4O2/c1-17(2)9-4-10-18(14(15)19)16-11-12-5-7-13(20-3)8-6-12/h5-8,11H,4,9-10H2,1-3H3,(H2,15,19)/b16-11-. The van der Waals surface area contributed by atoms with Gasteiger partial charge in [0.1, 0.15) is 5.75 Å². The topological polar surface area (TPSA) is 71.2 Å². The van der Waals surface area contributed by atoms with E-state index >= 15 is 0 Å². The van der Waals surface area contributed by atoms with Gasteiger partial charge in [0.2, 0.25) is 0 Å². The fraction of sp³-hybridized carbons (Fsp3) is 0.429. The zero-order chi connectivity index (χ0) is 15.0. The van der Waals surface area contributed by atoms with Gasteiger partial charge in [-0.25, -0.2) is 9.80 Å². The van der Waals surface area contributed by atoms with Crippen LogP contribution in [0.3, 0.4) is 0 Å². The van der Waals surface area contributed by atoms with Crippen LogP contribution in [-0.4, -0.2) is 56.4 Å². The van der Waals surface area contributed by atoms with Crippen molar-refractivity contribution in [2.75, 3.05) is 34.3 Å². The van der Waals surface area contributed by atoms with Gasteiger partial charge in [0.05, 0.1) is 13.3 Å². The van der Waals surface area contributed by atoms with E-state index in [1.54, 1.807) is 13.3 Å². The molecule has 0 bridgehead atoms. The Kier molecular flexibility index (Phi) is 6.52. The third-order valence-corrected chi connectivity index (χ3v) is 2.69. The zero-order valence-corrected chi connectivity index (χ0v) is 12.2. The van der Waals surface area contributed by atoms with Crippen LogP contribution in [0.15, 0.2) is 29.4 Å². The van der Waals surface area contributed by atoms with Crippen molar-refractivity contribution in [2.45, 2.75) is 6.42 Å². The molecule has 0 aliphatic heterocycles. The summed E-state index contributed by atoms with van der Waals surface area (Å²) in [7, 11) is 5.58. The number of urea groups is 1. The van der Waals surface area contributed by atoms with Crippen LogP contribution in [0.5, 0.6) is 5.75 Å². The first-order chi connectivity index (χ1) is 9.52. The van der Waals surface area contributed by atoms with E-state index in [1.807, 2.05) is 43.3 Å². The summed E-state index contributed by atoms with van der Waals surface area (Å²) in [5, 5.41) is 5.39. The largest absolute Gasteiger partial charge is 0.497 e. The van der Waals surface area contributed by atoms with Crippen molar-refractivity contribution < 1.29 is 9.53 Å². The van der Waals surface area contributed by atoms with E-state index < -0.39 is 6.03 Å². The second-order valence-electron chi connectivity index (χ2n) is 4.64. The summed E-state index contributed by atoms with van der Waals surface area (Å²) in [5.74, 6) is 0.778. The molecule has 6 heteroatoms. The highest BCUT2D eigenvalue weighted by atomic mass is 16.5. The number of hydrazone groups is 1. The summed E-state index contributed by atoms with van der Waals surface area (Å²) >= 11 is 0. The van der Waals surface area contributed by atoms with Crippen LogP contribution in [0, 0.1) is 0 Å². The lowest BCUT2D eigenvalue weighted by molar-refractivity contribution is 0.207. The van der Waals surface area contributed by atoms with Gasteiger partial charge in [0.15, 0.2) is 0 Å². The Morgan fingerprint density at radius 3 is 2.45 bits per heavy atom. The molecule has 6 nitrogen and oxygen atoms in total. The number of ether oxygens (including phenoxy) is 1. The molecule has 0 spiro atoms. The van der Waals surface area contributed by atoms with Crippen molar-refractivity contribution in [3.05, 3.63) is 29.8 Å². The summed E-state index contributed by atoms with van der Waals surface area (Å²) < 4.78 is 5.07. The fourth-order valence-electron chi connectivity index (χ4n) is 1.59. The molecule has 110 valence electrons. The van der Waals surface area contributed by atoms with Gasteiger partial charge in [-0.3, -0.25) is 0 Å². The summed E-state index contributed by atoms with van der Waals surface area (Å²) in [4.78, 5) is 13.3. The first-order valence-electron chi connectivity index (χ1n) is 6.42. The number of rotatable bonds is 7. The molecule has 0 atom stereocenters. The quantitative estimate of drug-likeness (QED) is 0.604. The van der Waals surface area contributed by atoms with Gasteiger partial charge in [0.25, 0.3) is 0 Å². The highest BCUT2D eigenvalue weighted by Crippen LogP contribution is 2.10. The predicted octanol–water partition coefficient (Wildman–Crippen LogP) is 1.36. The SMILES string of the molecule is COc1ccc(/C=N\N(CCCN(C)C)C(N)=O)cc1. The molecule has 1 rings (SSSR count). The average molecular weight is 278 g/mol. The van der Waals surface area contributed by atoms with E-state index in [2.05, 4.69) is 5.10 Å². The normalized spacial score (nSPS) is 11.0. The van der Waals surface area contributed by atoms with Crippen molar-refractivity contribution in [3.63, 3.8) is 0 Å². The van der Waals surface area contributed by atoms with E-state index in [4.69, 9.17) is 10.5 Å². The van der Waals surface area contributed by atoms with E-state index in [0.29, 0.717) is 6.54 Å². The van der Waals surface area contributed by atoms with Gasteiger partial charge < -0.3 is 15.4 Å². The number of carbonyl (C=O) groups is 1. The fourth-order valence-corrected chi connectivity index (χ4v) is 1.59. The van der Waals surface area contributed by atoms with Gasteiger partial charge in [-0.2, -0.15) is 5.10 Å². The Labute approximate surface area is 119 Å². The molecule has 0 aliphatic carbocycles. The minimum Gasteiger partial charge on any atom is -0.497 e. The maximum Gasteiger partial charge on any atom is 0.335 e. The Balaban J connectivity index is 2.59. The molecule has 20 heavy (non-hydrogen) atoms. The van der Waals surface area contributed by atoms with Gasteiger partial charge >= 0.3 is 6.03 Å². The molecule has 2 N–H and O–H groups in total. The Morgan fingerprint density at radius 1 is 1.30 bits per heavy atom. The van der Waals surface area contributed by atoms with Gasteiger partial charge in [-0.1, -0.05) is 0 Å². The molecule has 1 aromatic carbocycles.